The van der Waals surface area contributed by atoms with Gasteiger partial charge < -0.3 is 9.47 Å². The maximum Gasteiger partial charge on any atom is 0.271 e. The second kappa shape index (κ2) is 8.04. The Morgan fingerprint density at radius 3 is 2.67 bits per heavy atom. The minimum absolute atomic E-state index is 0.133. The molecule has 1 aromatic carbocycles. The molecule has 0 bridgehead atoms. The van der Waals surface area contributed by atoms with E-state index in [1.165, 1.54) is 18.3 Å². The van der Waals surface area contributed by atoms with Crippen molar-refractivity contribution >= 4 is 34.5 Å². The van der Waals surface area contributed by atoms with Gasteiger partial charge >= 0.3 is 0 Å². The number of ketones is 1. The zero-order valence-corrected chi connectivity index (χ0v) is 18.6. The second-order valence-corrected chi connectivity index (χ2v) is 8.75. The molecule has 0 saturated carbocycles. The number of carbonyl (C=O) groups excluding carboxylic acids is 1. The summed E-state index contributed by atoms with van der Waals surface area (Å²) in [4.78, 5) is 32.1. The van der Waals surface area contributed by atoms with Gasteiger partial charge in [0.05, 0.1) is 24.8 Å². The van der Waals surface area contributed by atoms with Crippen molar-refractivity contribution in [1.29, 1.82) is 0 Å². The molecule has 0 radical (unpaired) electrons. The maximum absolute atomic E-state index is 13.4. The standard InChI is InChI=1S/C22H20N2O4S2/c1-12-19(13(2)25)20(16-8-7-14(27-3)10-17(16)28-4)24-21(26)18(30-22(24)23-12)11-15-6-5-9-29-15/h5-11,20H,1-4H3. The summed E-state index contributed by atoms with van der Waals surface area (Å²) < 4.78 is 13.1. The monoisotopic (exact) mass is 440 g/mol. The molecule has 0 amide bonds. The molecule has 3 heterocycles. The highest BCUT2D eigenvalue weighted by molar-refractivity contribution is 7.11. The number of allylic oxidation sites excluding steroid dienone is 2. The van der Waals surface area contributed by atoms with Crippen molar-refractivity contribution in [3.05, 3.63) is 77.1 Å². The fourth-order valence-corrected chi connectivity index (χ4v) is 5.38. The lowest BCUT2D eigenvalue weighted by atomic mass is 9.92. The van der Waals surface area contributed by atoms with Crippen LogP contribution in [0.15, 0.2) is 56.8 Å². The van der Waals surface area contributed by atoms with Crippen LogP contribution in [0.5, 0.6) is 11.5 Å². The Labute approximate surface area is 181 Å². The largest absolute Gasteiger partial charge is 0.497 e. The summed E-state index contributed by atoms with van der Waals surface area (Å²) in [5.41, 5.74) is 1.62. The third kappa shape index (κ3) is 3.42. The highest BCUT2D eigenvalue weighted by Crippen LogP contribution is 2.37. The van der Waals surface area contributed by atoms with Crippen LogP contribution in [0.3, 0.4) is 0 Å². The van der Waals surface area contributed by atoms with Gasteiger partial charge in [0.1, 0.15) is 11.5 Å². The van der Waals surface area contributed by atoms with E-state index >= 15 is 0 Å². The Bertz CT molecular complexity index is 1330. The van der Waals surface area contributed by atoms with E-state index in [2.05, 4.69) is 4.99 Å². The van der Waals surface area contributed by atoms with Gasteiger partial charge in [-0.25, -0.2) is 4.99 Å². The molecule has 1 aliphatic rings. The van der Waals surface area contributed by atoms with Gasteiger partial charge in [-0.05, 0) is 43.5 Å². The molecule has 6 nitrogen and oxygen atoms in total. The number of carbonyl (C=O) groups is 1. The molecular weight excluding hydrogens is 420 g/mol. The van der Waals surface area contributed by atoms with Gasteiger partial charge in [0.15, 0.2) is 10.6 Å². The van der Waals surface area contributed by atoms with Gasteiger partial charge in [-0.3, -0.25) is 14.2 Å². The molecule has 154 valence electrons. The van der Waals surface area contributed by atoms with Crippen LogP contribution in [0.25, 0.3) is 6.08 Å². The lowest BCUT2D eigenvalue weighted by molar-refractivity contribution is -0.114. The first-order chi connectivity index (χ1) is 14.4. The number of rotatable bonds is 5. The van der Waals surface area contributed by atoms with E-state index in [4.69, 9.17) is 9.47 Å². The molecule has 4 rings (SSSR count). The predicted octanol–water partition coefficient (Wildman–Crippen LogP) is 2.90. The lowest BCUT2D eigenvalue weighted by Crippen LogP contribution is -2.39. The Kier molecular flexibility index (Phi) is 5.44. The number of aromatic nitrogens is 1. The van der Waals surface area contributed by atoms with Crippen molar-refractivity contribution in [2.75, 3.05) is 14.2 Å². The van der Waals surface area contributed by atoms with Gasteiger partial charge in [-0.1, -0.05) is 17.4 Å². The van der Waals surface area contributed by atoms with Crippen LogP contribution in [-0.2, 0) is 4.79 Å². The third-order valence-electron chi connectivity index (χ3n) is 4.95. The Balaban J connectivity index is 2.02. The number of benzene rings is 1. The molecule has 3 aromatic rings. The highest BCUT2D eigenvalue weighted by Gasteiger charge is 2.32. The minimum atomic E-state index is -0.620. The molecule has 0 fully saturated rings. The van der Waals surface area contributed by atoms with Gasteiger partial charge in [-0.2, -0.15) is 0 Å². The fourth-order valence-electron chi connectivity index (χ4n) is 3.61. The number of thiophene rings is 1. The second-order valence-electron chi connectivity index (χ2n) is 6.76. The van der Waals surface area contributed by atoms with Crippen molar-refractivity contribution in [1.82, 2.24) is 4.57 Å². The van der Waals surface area contributed by atoms with Gasteiger partial charge in [0, 0.05) is 27.8 Å². The molecule has 30 heavy (non-hydrogen) atoms. The first-order valence-electron chi connectivity index (χ1n) is 9.23. The summed E-state index contributed by atoms with van der Waals surface area (Å²) in [5.74, 6) is 1.04. The molecule has 1 atom stereocenters. The lowest BCUT2D eigenvalue weighted by Gasteiger charge is -2.26. The van der Waals surface area contributed by atoms with E-state index in [1.54, 1.807) is 49.2 Å². The molecular formula is C22H20N2O4S2. The van der Waals surface area contributed by atoms with Gasteiger partial charge in [0.2, 0.25) is 0 Å². The summed E-state index contributed by atoms with van der Waals surface area (Å²) in [6, 6.07) is 8.66. The molecule has 2 aromatic heterocycles. The summed E-state index contributed by atoms with van der Waals surface area (Å²) in [7, 11) is 3.13. The van der Waals surface area contributed by atoms with Crippen LogP contribution in [0.4, 0.5) is 0 Å². The van der Waals surface area contributed by atoms with Crippen LogP contribution in [0.1, 0.15) is 30.3 Å². The number of ether oxygens (including phenoxy) is 2. The van der Waals surface area contributed by atoms with Crippen LogP contribution in [0.2, 0.25) is 0 Å². The summed E-state index contributed by atoms with van der Waals surface area (Å²) in [5, 5.41) is 1.96. The number of hydrogen-bond donors (Lipinski definition) is 0. The predicted molar refractivity (Wildman–Crippen MR) is 118 cm³/mol. The molecule has 1 aliphatic heterocycles. The zero-order chi connectivity index (χ0) is 21.4. The maximum atomic E-state index is 13.4. The van der Waals surface area contributed by atoms with Crippen molar-refractivity contribution in [3.8, 4) is 11.5 Å². The number of nitrogens with zero attached hydrogens (tertiary/aromatic N) is 2. The van der Waals surface area contributed by atoms with Gasteiger partial charge in [-0.15, -0.1) is 11.3 Å². The molecule has 0 saturated heterocycles. The van der Waals surface area contributed by atoms with Gasteiger partial charge in [0.25, 0.3) is 5.56 Å². The van der Waals surface area contributed by atoms with Crippen molar-refractivity contribution in [2.45, 2.75) is 19.9 Å². The molecule has 0 aliphatic carbocycles. The van der Waals surface area contributed by atoms with Crippen LogP contribution in [0, 0.1) is 0 Å². The summed E-state index contributed by atoms with van der Waals surface area (Å²) in [6.45, 7) is 3.30. The van der Waals surface area contributed by atoms with Crippen LogP contribution >= 0.6 is 22.7 Å². The summed E-state index contributed by atoms with van der Waals surface area (Å²) >= 11 is 2.88. The number of fused-ring (bicyclic) bond motifs is 1. The van der Waals surface area contributed by atoms with Crippen molar-refractivity contribution in [3.63, 3.8) is 0 Å². The number of methoxy groups -OCH3 is 2. The molecule has 0 spiro atoms. The first kappa shape index (κ1) is 20.3. The van der Waals surface area contributed by atoms with E-state index < -0.39 is 6.04 Å². The average molecular weight is 441 g/mol. The third-order valence-corrected chi connectivity index (χ3v) is 6.76. The first-order valence-corrected chi connectivity index (χ1v) is 10.9. The molecule has 1 unspecified atom stereocenters. The van der Waals surface area contributed by atoms with Crippen molar-refractivity contribution in [2.24, 2.45) is 4.99 Å². The average Bonchev–Trinajstić information content (AvgIpc) is 3.34. The minimum Gasteiger partial charge on any atom is -0.497 e. The Hall–Kier alpha value is -2.97. The van der Waals surface area contributed by atoms with E-state index in [9.17, 15) is 9.59 Å². The highest BCUT2D eigenvalue weighted by atomic mass is 32.1. The SMILES string of the molecule is COc1ccc(C2C(C(C)=O)=C(C)N=c3sc(=Cc4cccs4)c(=O)n32)c(OC)c1. The number of Topliss-reactive ketones (excluding diaryl/α,β-unsaturated/α-hetero) is 1. The Morgan fingerprint density at radius 2 is 2.03 bits per heavy atom. The van der Waals surface area contributed by atoms with Crippen LogP contribution < -0.4 is 24.4 Å². The van der Waals surface area contributed by atoms with Crippen LogP contribution in [-0.4, -0.2) is 24.6 Å². The van der Waals surface area contributed by atoms with E-state index in [1.807, 2.05) is 29.7 Å². The summed E-state index contributed by atoms with van der Waals surface area (Å²) in [6.07, 6.45) is 1.86. The quantitative estimate of drug-likeness (QED) is 0.612. The fraction of sp³-hybridized carbons (Fsp3) is 0.227. The molecule has 8 heteroatoms. The Morgan fingerprint density at radius 1 is 1.23 bits per heavy atom. The normalized spacial score (nSPS) is 16.3. The zero-order valence-electron chi connectivity index (χ0n) is 17.0. The van der Waals surface area contributed by atoms with E-state index in [-0.39, 0.29) is 11.3 Å². The molecule has 0 N–H and O–H groups in total. The van der Waals surface area contributed by atoms with Crippen molar-refractivity contribution < 1.29 is 14.3 Å². The number of hydrogen-bond acceptors (Lipinski definition) is 7. The topological polar surface area (TPSA) is 69.9 Å². The number of thiazole rings is 1. The smallest absolute Gasteiger partial charge is 0.271 e. The van der Waals surface area contributed by atoms with E-state index in [0.717, 1.165) is 4.88 Å². The van der Waals surface area contributed by atoms with E-state index in [0.29, 0.717) is 37.7 Å².